The van der Waals surface area contributed by atoms with Crippen molar-refractivity contribution in [2.45, 2.75) is 59.0 Å². The Balaban J connectivity index is 1.88. The van der Waals surface area contributed by atoms with E-state index in [9.17, 15) is 9.59 Å². The number of anilines is 1. The summed E-state index contributed by atoms with van der Waals surface area (Å²) in [5.74, 6) is -0.236. The number of aromatic nitrogens is 1. The van der Waals surface area contributed by atoms with Gasteiger partial charge in [0, 0.05) is 46.7 Å². The van der Waals surface area contributed by atoms with Crippen molar-refractivity contribution in [3.05, 3.63) is 74.2 Å². The van der Waals surface area contributed by atoms with Gasteiger partial charge in [0.2, 0.25) is 0 Å². The molecule has 6 heteroatoms. The van der Waals surface area contributed by atoms with E-state index >= 15 is 0 Å². The maximum Gasteiger partial charge on any atom is 0.253 e. The first-order valence-corrected chi connectivity index (χ1v) is 10.8. The van der Waals surface area contributed by atoms with Crippen molar-refractivity contribution >= 4 is 23.2 Å². The van der Waals surface area contributed by atoms with Gasteiger partial charge < -0.3 is 15.2 Å². The van der Waals surface area contributed by atoms with Gasteiger partial charge >= 0.3 is 0 Å². The largest absolute Gasteiger partial charge is 0.365 e. The monoisotopic (exact) mass is 427 g/mol. The molecule has 0 atom stereocenters. The van der Waals surface area contributed by atoms with Gasteiger partial charge in [0.25, 0.3) is 11.5 Å². The Bertz CT molecular complexity index is 1010. The van der Waals surface area contributed by atoms with E-state index in [0.717, 1.165) is 35.3 Å². The molecule has 0 radical (unpaired) electrons. The van der Waals surface area contributed by atoms with Crippen molar-refractivity contribution in [3.63, 3.8) is 0 Å². The fraction of sp³-hybridized carbons (Fsp3) is 0.417. The van der Waals surface area contributed by atoms with Gasteiger partial charge in [-0.3, -0.25) is 9.59 Å². The van der Waals surface area contributed by atoms with Gasteiger partial charge in [0.15, 0.2) is 0 Å². The third-order valence-electron chi connectivity index (χ3n) is 5.91. The highest BCUT2D eigenvalue weighted by Gasteiger charge is 2.25. The summed E-state index contributed by atoms with van der Waals surface area (Å²) in [5.41, 5.74) is 4.45. The first-order valence-electron chi connectivity index (χ1n) is 10.5. The molecule has 0 unspecified atom stereocenters. The minimum atomic E-state index is -0.236. The molecule has 1 aliphatic rings. The number of halogens is 1. The van der Waals surface area contributed by atoms with E-state index in [2.05, 4.69) is 21.8 Å². The standard InChI is InChI=1S/C24H30ClN3O2/c1-5-10-28(19-8-6-7-9-19)22-13-18(25)12-20(17(22)4)23(29)26-14-21-15(2)11-16(3)27-24(21)30/h5,11-13,19H,1,6-10,14H2,2-4H3,(H,26,29)(H,27,30). The van der Waals surface area contributed by atoms with E-state index in [1.165, 1.54) is 12.8 Å². The summed E-state index contributed by atoms with van der Waals surface area (Å²) in [6.45, 7) is 10.5. The highest BCUT2D eigenvalue weighted by atomic mass is 35.5. The Kier molecular flexibility index (Phi) is 7.03. The molecule has 1 aromatic heterocycles. The minimum Gasteiger partial charge on any atom is -0.365 e. The number of nitrogens with one attached hydrogen (secondary N) is 2. The number of aromatic amines is 1. The van der Waals surface area contributed by atoms with Gasteiger partial charge in [-0.1, -0.05) is 30.5 Å². The fourth-order valence-electron chi connectivity index (χ4n) is 4.36. The van der Waals surface area contributed by atoms with Gasteiger partial charge in [0.05, 0.1) is 0 Å². The number of pyridine rings is 1. The molecule has 1 heterocycles. The Hall–Kier alpha value is -2.53. The van der Waals surface area contributed by atoms with E-state index in [1.54, 1.807) is 6.07 Å². The highest BCUT2D eigenvalue weighted by Crippen LogP contribution is 2.34. The lowest BCUT2D eigenvalue weighted by molar-refractivity contribution is 0.0950. The summed E-state index contributed by atoms with van der Waals surface area (Å²) in [6.07, 6.45) is 6.60. The van der Waals surface area contributed by atoms with E-state index < -0.39 is 0 Å². The number of hydrogen-bond donors (Lipinski definition) is 2. The molecule has 30 heavy (non-hydrogen) atoms. The van der Waals surface area contributed by atoms with Crippen molar-refractivity contribution in [2.24, 2.45) is 0 Å². The molecular formula is C24H30ClN3O2. The zero-order chi connectivity index (χ0) is 21.8. The molecular weight excluding hydrogens is 398 g/mol. The van der Waals surface area contributed by atoms with E-state index in [1.807, 2.05) is 39.0 Å². The molecule has 2 aromatic rings. The Morgan fingerprint density at radius 2 is 1.97 bits per heavy atom. The second-order valence-corrected chi connectivity index (χ2v) is 8.54. The summed E-state index contributed by atoms with van der Waals surface area (Å²) in [5, 5.41) is 3.42. The Morgan fingerprint density at radius 1 is 1.27 bits per heavy atom. The third kappa shape index (κ3) is 4.78. The van der Waals surface area contributed by atoms with Crippen LogP contribution in [0.2, 0.25) is 5.02 Å². The first kappa shape index (κ1) is 22.2. The molecule has 1 saturated carbocycles. The SMILES string of the molecule is C=CCN(c1cc(Cl)cc(C(=O)NCc2c(C)cc(C)[nH]c2=O)c1C)C1CCCC1. The van der Waals surface area contributed by atoms with Crippen LogP contribution in [0, 0.1) is 20.8 Å². The summed E-state index contributed by atoms with van der Waals surface area (Å²) < 4.78 is 0. The summed E-state index contributed by atoms with van der Waals surface area (Å²) >= 11 is 6.41. The average molecular weight is 428 g/mol. The lowest BCUT2D eigenvalue weighted by Crippen LogP contribution is -2.34. The predicted octanol–water partition coefficient (Wildman–Crippen LogP) is 4.82. The summed E-state index contributed by atoms with van der Waals surface area (Å²) in [4.78, 5) is 30.4. The summed E-state index contributed by atoms with van der Waals surface area (Å²) in [6, 6.07) is 5.97. The van der Waals surface area contributed by atoms with Crippen molar-refractivity contribution in [1.82, 2.24) is 10.3 Å². The van der Waals surface area contributed by atoms with Crippen molar-refractivity contribution < 1.29 is 4.79 Å². The van der Waals surface area contributed by atoms with Crippen LogP contribution in [-0.4, -0.2) is 23.5 Å². The number of carbonyl (C=O) groups is 1. The van der Waals surface area contributed by atoms with Crippen molar-refractivity contribution in [3.8, 4) is 0 Å². The third-order valence-corrected chi connectivity index (χ3v) is 6.13. The van der Waals surface area contributed by atoms with Crippen LogP contribution in [0.5, 0.6) is 0 Å². The molecule has 0 saturated heterocycles. The second kappa shape index (κ2) is 9.52. The van der Waals surface area contributed by atoms with Crippen LogP contribution in [-0.2, 0) is 6.54 Å². The molecule has 3 rings (SSSR count). The molecule has 1 aromatic carbocycles. The van der Waals surface area contributed by atoms with Crippen molar-refractivity contribution in [2.75, 3.05) is 11.4 Å². The average Bonchev–Trinajstić information content (AvgIpc) is 3.21. The van der Waals surface area contributed by atoms with Crippen molar-refractivity contribution in [1.29, 1.82) is 0 Å². The zero-order valence-electron chi connectivity index (χ0n) is 18.0. The number of hydrogen-bond acceptors (Lipinski definition) is 3. The zero-order valence-corrected chi connectivity index (χ0v) is 18.7. The lowest BCUT2D eigenvalue weighted by atomic mass is 10.0. The number of nitrogens with zero attached hydrogens (tertiary/aromatic N) is 1. The molecule has 5 nitrogen and oxygen atoms in total. The fourth-order valence-corrected chi connectivity index (χ4v) is 4.58. The number of aryl methyl sites for hydroxylation is 2. The molecule has 0 spiro atoms. The van der Waals surface area contributed by atoms with Gasteiger partial charge in [-0.25, -0.2) is 0 Å². The molecule has 1 aliphatic carbocycles. The van der Waals surface area contributed by atoms with Crippen LogP contribution < -0.4 is 15.8 Å². The van der Waals surface area contributed by atoms with E-state index in [4.69, 9.17) is 11.6 Å². The van der Waals surface area contributed by atoms with Gasteiger partial charge in [-0.2, -0.15) is 0 Å². The minimum absolute atomic E-state index is 0.167. The van der Waals surface area contributed by atoms with Gasteiger partial charge in [-0.05, 0) is 62.9 Å². The second-order valence-electron chi connectivity index (χ2n) is 8.10. The van der Waals surface area contributed by atoms with E-state index in [0.29, 0.717) is 28.7 Å². The Labute approximate surface area is 183 Å². The number of H-pyrrole nitrogens is 1. The molecule has 2 N–H and O–H groups in total. The molecule has 1 fully saturated rings. The normalized spacial score (nSPS) is 14.0. The molecule has 160 valence electrons. The van der Waals surface area contributed by atoms with Crippen LogP contribution in [0.25, 0.3) is 0 Å². The number of rotatable bonds is 7. The van der Waals surface area contributed by atoms with Crippen LogP contribution >= 0.6 is 11.6 Å². The summed E-state index contributed by atoms with van der Waals surface area (Å²) in [7, 11) is 0. The number of carbonyl (C=O) groups excluding carboxylic acids is 1. The van der Waals surface area contributed by atoms with Gasteiger partial charge in [-0.15, -0.1) is 6.58 Å². The van der Waals surface area contributed by atoms with Crippen LogP contribution in [0.3, 0.4) is 0 Å². The Morgan fingerprint density at radius 3 is 2.60 bits per heavy atom. The lowest BCUT2D eigenvalue weighted by Gasteiger charge is -2.32. The maximum atomic E-state index is 13.0. The molecule has 1 amide bonds. The molecule has 0 bridgehead atoms. The van der Waals surface area contributed by atoms with E-state index in [-0.39, 0.29) is 18.0 Å². The first-order chi connectivity index (χ1) is 14.3. The topological polar surface area (TPSA) is 65.2 Å². The van der Waals surface area contributed by atoms with Crippen LogP contribution in [0.15, 0.2) is 35.6 Å². The smallest absolute Gasteiger partial charge is 0.253 e. The quantitative estimate of drug-likeness (QED) is 0.622. The predicted molar refractivity (Wildman–Crippen MR) is 124 cm³/mol. The van der Waals surface area contributed by atoms with Gasteiger partial charge in [0.1, 0.15) is 0 Å². The van der Waals surface area contributed by atoms with Crippen LogP contribution in [0.4, 0.5) is 5.69 Å². The number of benzene rings is 1. The maximum absolute atomic E-state index is 13.0. The molecule has 0 aliphatic heterocycles. The number of amides is 1. The highest BCUT2D eigenvalue weighted by molar-refractivity contribution is 6.31. The van der Waals surface area contributed by atoms with Crippen LogP contribution in [0.1, 0.15) is 58.4 Å².